The lowest BCUT2D eigenvalue weighted by Gasteiger charge is -2.29. The summed E-state index contributed by atoms with van der Waals surface area (Å²) in [6, 6.07) is 5.80. The number of pyridine rings is 2. The molecule has 210 valence electrons. The number of nitriles is 2. The van der Waals surface area contributed by atoms with E-state index in [0.29, 0.717) is 37.2 Å². The predicted octanol–water partition coefficient (Wildman–Crippen LogP) is 4.89. The van der Waals surface area contributed by atoms with Gasteiger partial charge in [-0.2, -0.15) is 28.8 Å². The fourth-order valence-corrected chi connectivity index (χ4v) is 5.50. The lowest BCUT2D eigenvalue weighted by Crippen LogP contribution is -2.34. The van der Waals surface area contributed by atoms with Gasteiger partial charge in [-0.05, 0) is 50.8 Å². The SMILES string of the molecule is Cc1c(-c2cc(OC(c3ccc(F)cn3)C3(C(F)(F)F)CC3)c3c(C#N)cnn3c2)nnn1C1CCN(C#N)CC1. The maximum absolute atomic E-state index is 14.3. The maximum atomic E-state index is 14.3. The third-order valence-corrected chi connectivity index (χ3v) is 7.97. The highest BCUT2D eigenvalue weighted by Crippen LogP contribution is 2.65. The molecule has 2 fully saturated rings. The average Bonchev–Trinajstić information content (AvgIpc) is 3.55. The number of fused-ring (bicyclic) bond motifs is 1. The summed E-state index contributed by atoms with van der Waals surface area (Å²) in [6.45, 7) is 3.04. The average molecular weight is 566 g/mol. The largest absolute Gasteiger partial charge is 0.481 e. The molecule has 1 aliphatic heterocycles. The maximum Gasteiger partial charge on any atom is 0.398 e. The monoisotopic (exact) mass is 565 g/mol. The van der Waals surface area contributed by atoms with Gasteiger partial charge in [0.05, 0.1) is 29.8 Å². The van der Waals surface area contributed by atoms with Crippen molar-refractivity contribution < 1.29 is 22.3 Å². The van der Waals surface area contributed by atoms with Crippen molar-refractivity contribution in [1.82, 2.24) is 34.5 Å². The van der Waals surface area contributed by atoms with E-state index in [1.165, 1.54) is 22.8 Å². The molecule has 0 amide bonds. The first kappa shape index (κ1) is 26.5. The van der Waals surface area contributed by atoms with Crippen LogP contribution in [0.3, 0.4) is 0 Å². The third kappa shape index (κ3) is 4.49. The first-order valence-electron chi connectivity index (χ1n) is 13.0. The van der Waals surface area contributed by atoms with Gasteiger partial charge in [0, 0.05) is 24.8 Å². The first-order valence-corrected chi connectivity index (χ1v) is 13.0. The smallest absolute Gasteiger partial charge is 0.398 e. The Hall–Kier alpha value is -4.72. The Morgan fingerprint density at radius 3 is 2.51 bits per heavy atom. The van der Waals surface area contributed by atoms with Crippen molar-refractivity contribution in [2.45, 2.75) is 50.9 Å². The van der Waals surface area contributed by atoms with Crippen LogP contribution in [-0.4, -0.2) is 53.8 Å². The number of likely N-dealkylation sites (tertiary alicyclic amines) is 1. The van der Waals surface area contributed by atoms with Crippen molar-refractivity contribution in [1.29, 1.82) is 10.5 Å². The Labute approximate surface area is 231 Å². The molecule has 1 saturated heterocycles. The molecule has 1 unspecified atom stereocenters. The topological polar surface area (TPSA) is 121 Å². The van der Waals surface area contributed by atoms with Gasteiger partial charge < -0.3 is 9.64 Å². The van der Waals surface area contributed by atoms with Gasteiger partial charge in [0.1, 0.15) is 39.8 Å². The molecule has 41 heavy (non-hydrogen) atoms. The molecule has 1 atom stereocenters. The van der Waals surface area contributed by atoms with Gasteiger partial charge in [-0.15, -0.1) is 5.10 Å². The molecule has 0 spiro atoms. The second kappa shape index (κ2) is 9.73. The molecular weight excluding hydrogens is 542 g/mol. The van der Waals surface area contributed by atoms with E-state index in [4.69, 9.17) is 10.00 Å². The predicted molar refractivity (Wildman–Crippen MR) is 134 cm³/mol. The van der Waals surface area contributed by atoms with Gasteiger partial charge in [0.25, 0.3) is 0 Å². The molecule has 2 aliphatic rings. The molecule has 10 nitrogen and oxygen atoms in total. The minimum absolute atomic E-state index is 0.0144. The summed E-state index contributed by atoms with van der Waals surface area (Å²) in [5, 5.41) is 31.8. The van der Waals surface area contributed by atoms with Crippen molar-refractivity contribution >= 4 is 5.52 Å². The fraction of sp³-hybridized carbons (Fsp3) is 0.407. The lowest BCUT2D eigenvalue weighted by atomic mass is 9.94. The van der Waals surface area contributed by atoms with Crippen molar-refractivity contribution in [3.8, 4) is 29.3 Å². The molecule has 4 aromatic heterocycles. The van der Waals surface area contributed by atoms with Gasteiger partial charge in [-0.25, -0.2) is 13.6 Å². The first-order chi connectivity index (χ1) is 19.6. The van der Waals surface area contributed by atoms with Crippen LogP contribution in [0.15, 0.2) is 36.8 Å². The van der Waals surface area contributed by atoms with E-state index in [0.717, 1.165) is 18.0 Å². The van der Waals surface area contributed by atoms with Gasteiger partial charge in [0.15, 0.2) is 12.3 Å². The number of hydrogen-bond acceptors (Lipinski definition) is 8. The number of aromatic nitrogens is 6. The van der Waals surface area contributed by atoms with E-state index in [9.17, 15) is 22.8 Å². The second-order valence-electron chi connectivity index (χ2n) is 10.4. The van der Waals surface area contributed by atoms with Crippen molar-refractivity contribution in [3.05, 3.63) is 59.6 Å². The van der Waals surface area contributed by atoms with Gasteiger partial charge in [0.2, 0.25) is 0 Å². The number of nitrogens with zero attached hydrogens (tertiary/aromatic N) is 9. The van der Waals surface area contributed by atoms with E-state index in [1.807, 2.05) is 13.0 Å². The highest BCUT2D eigenvalue weighted by Gasteiger charge is 2.69. The Morgan fingerprint density at radius 1 is 1.15 bits per heavy atom. The second-order valence-corrected chi connectivity index (χ2v) is 10.4. The summed E-state index contributed by atoms with van der Waals surface area (Å²) >= 11 is 0. The highest BCUT2D eigenvalue weighted by atomic mass is 19.4. The van der Waals surface area contributed by atoms with E-state index in [1.54, 1.807) is 15.8 Å². The van der Waals surface area contributed by atoms with Crippen LogP contribution >= 0.6 is 0 Å². The number of piperidine rings is 1. The number of rotatable bonds is 6. The Morgan fingerprint density at radius 2 is 1.90 bits per heavy atom. The molecule has 5 heterocycles. The van der Waals surface area contributed by atoms with Crippen LogP contribution < -0.4 is 4.74 Å². The molecule has 0 bridgehead atoms. The zero-order valence-corrected chi connectivity index (χ0v) is 21.8. The van der Waals surface area contributed by atoms with Crippen LogP contribution in [0, 0.1) is 40.9 Å². The van der Waals surface area contributed by atoms with E-state index in [2.05, 4.69) is 26.6 Å². The number of ether oxygens (including phenoxy) is 1. The lowest BCUT2D eigenvalue weighted by molar-refractivity contribution is -0.212. The standard InChI is InChI=1S/C27H23F4N9O/c1-16-23(36-37-40(16)20-4-8-38(15-33)9-5-20)17-10-22(24-18(11-32)12-35-39(24)14-17)41-25(21-3-2-19(28)13-34-21)26(6-7-26)27(29,30)31/h2-3,10,12-14,20,25H,4-9H2,1H3. The summed E-state index contributed by atoms with van der Waals surface area (Å²) in [5.74, 6) is -0.701. The molecule has 4 aromatic rings. The van der Waals surface area contributed by atoms with Crippen molar-refractivity contribution in [2.24, 2.45) is 5.41 Å². The zero-order chi connectivity index (χ0) is 28.9. The van der Waals surface area contributed by atoms with Crippen LogP contribution in [-0.2, 0) is 0 Å². The van der Waals surface area contributed by atoms with Crippen molar-refractivity contribution in [3.63, 3.8) is 0 Å². The Kier molecular flexibility index (Phi) is 6.29. The zero-order valence-electron chi connectivity index (χ0n) is 21.8. The number of hydrogen-bond donors (Lipinski definition) is 0. The molecule has 0 N–H and O–H groups in total. The minimum atomic E-state index is -4.61. The summed E-state index contributed by atoms with van der Waals surface area (Å²) in [7, 11) is 0. The van der Waals surface area contributed by atoms with Gasteiger partial charge in [-0.1, -0.05) is 5.21 Å². The molecule has 0 aromatic carbocycles. The number of alkyl halides is 3. The molecule has 6 rings (SSSR count). The van der Waals surface area contributed by atoms with Crippen LogP contribution in [0.5, 0.6) is 5.75 Å². The fourth-order valence-electron chi connectivity index (χ4n) is 5.50. The van der Waals surface area contributed by atoms with E-state index in [-0.39, 0.29) is 41.4 Å². The Bertz CT molecular complexity index is 1690. The Balaban J connectivity index is 1.44. The van der Waals surface area contributed by atoms with Crippen LogP contribution in [0.2, 0.25) is 0 Å². The van der Waals surface area contributed by atoms with Crippen LogP contribution in [0.4, 0.5) is 17.6 Å². The van der Waals surface area contributed by atoms with E-state index < -0.39 is 23.5 Å². The van der Waals surface area contributed by atoms with E-state index >= 15 is 0 Å². The molecule has 1 saturated carbocycles. The molecular formula is C27H23F4N9O. The van der Waals surface area contributed by atoms with Gasteiger partial charge >= 0.3 is 6.18 Å². The number of halogens is 4. The quantitative estimate of drug-likeness (QED) is 0.239. The third-order valence-electron chi connectivity index (χ3n) is 7.97. The summed E-state index contributed by atoms with van der Waals surface area (Å²) in [5.41, 5.74) is -0.315. The van der Waals surface area contributed by atoms with Gasteiger partial charge in [-0.3, -0.25) is 4.98 Å². The normalized spacial score (nSPS) is 17.7. The molecule has 1 aliphatic carbocycles. The highest BCUT2D eigenvalue weighted by molar-refractivity contribution is 5.75. The van der Waals surface area contributed by atoms with Crippen molar-refractivity contribution in [2.75, 3.05) is 13.1 Å². The molecule has 0 radical (unpaired) electrons. The van der Waals surface area contributed by atoms with Crippen LogP contribution in [0.25, 0.3) is 16.8 Å². The summed E-state index contributed by atoms with van der Waals surface area (Å²) < 4.78 is 66.0. The van der Waals surface area contributed by atoms with Crippen LogP contribution in [0.1, 0.15) is 54.8 Å². The summed E-state index contributed by atoms with van der Waals surface area (Å²) in [4.78, 5) is 5.62. The minimum Gasteiger partial charge on any atom is -0.481 e. The molecule has 14 heteroatoms. The summed E-state index contributed by atoms with van der Waals surface area (Å²) in [6.07, 6.45) is 0.782.